The van der Waals surface area contributed by atoms with Crippen LogP contribution in [0.4, 0.5) is 10.1 Å². The van der Waals surface area contributed by atoms with Gasteiger partial charge in [-0.15, -0.1) is 0 Å². The molecule has 0 aromatic heterocycles. The minimum Gasteiger partial charge on any atom is -0.493 e. The predicted molar refractivity (Wildman–Crippen MR) is 125 cm³/mol. The Kier molecular flexibility index (Phi) is 7.65. The van der Waals surface area contributed by atoms with Crippen LogP contribution in [0.5, 0.6) is 17.2 Å². The van der Waals surface area contributed by atoms with Gasteiger partial charge >= 0.3 is 0 Å². The van der Waals surface area contributed by atoms with Crippen LogP contribution in [0, 0.1) is 5.82 Å². The molecule has 0 aliphatic rings. The van der Waals surface area contributed by atoms with Crippen molar-refractivity contribution in [1.82, 2.24) is 0 Å². The minimum atomic E-state index is -0.375. The monoisotopic (exact) mass is 433 g/mol. The zero-order valence-electron chi connectivity index (χ0n) is 18.1. The Morgan fingerprint density at radius 2 is 1.50 bits per heavy atom. The van der Waals surface area contributed by atoms with Crippen molar-refractivity contribution in [3.05, 3.63) is 95.4 Å². The molecule has 0 saturated heterocycles. The molecule has 0 spiro atoms. The second kappa shape index (κ2) is 10.8. The maximum absolute atomic E-state index is 13.0. The molecule has 3 aromatic rings. The van der Waals surface area contributed by atoms with Crippen LogP contribution < -0.4 is 19.5 Å². The minimum absolute atomic E-state index is 0.212. The quantitative estimate of drug-likeness (QED) is 0.261. The molecule has 0 fully saturated rings. The summed E-state index contributed by atoms with van der Waals surface area (Å²) in [6.07, 6.45) is 6.87. The number of methoxy groups -OCH3 is 3. The molecule has 0 bridgehead atoms. The summed E-state index contributed by atoms with van der Waals surface area (Å²) in [5.74, 6) is 1.12. The van der Waals surface area contributed by atoms with Gasteiger partial charge in [-0.1, -0.05) is 24.3 Å². The first-order chi connectivity index (χ1) is 15.5. The van der Waals surface area contributed by atoms with Gasteiger partial charge < -0.3 is 19.5 Å². The van der Waals surface area contributed by atoms with Gasteiger partial charge in [-0.05, 0) is 59.7 Å². The Morgan fingerprint density at radius 3 is 2.12 bits per heavy atom. The van der Waals surface area contributed by atoms with Gasteiger partial charge in [0.2, 0.25) is 5.75 Å². The summed E-state index contributed by atoms with van der Waals surface area (Å²) in [4.78, 5) is 12.1. The molecule has 0 radical (unpaired) electrons. The molecular formula is C26H24FNO4. The number of halogens is 1. The van der Waals surface area contributed by atoms with E-state index in [1.807, 2.05) is 48.6 Å². The molecular weight excluding hydrogens is 409 g/mol. The van der Waals surface area contributed by atoms with Crippen LogP contribution in [0.1, 0.15) is 21.5 Å². The highest BCUT2D eigenvalue weighted by Gasteiger charge is 2.12. The Labute approximate surface area is 186 Å². The number of carbonyl (C=O) groups is 1. The number of allylic oxidation sites excluding steroid dienone is 1. The fraction of sp³-hybridized carbons (Fsp3) is 0.115. The van der Waals surface area contributed by atoms with Crippen molar-refractivity contribution in [3.63, 3.8) is 0 Å². The molecule has 6 heteroatoms. The second-order valence-corrected chi connectivity index (χ2v) is 6.77. The lowest BCUT2D eigenvalue weighted by molar-refractivity contribution is 0.104. The van der Waals surface area contributed by atoms with Crippen LogP contribution in [0.3, 0.4) is 0 Å². The van der Waals surface area contributed by atoms with Crippen molar-refractivity contribution in [2.75, 3.05) is 26.6 Å². The van der Waals surface area contributed by atoms with Crippen molar-refractivity contribution in [3.8, 4) is 17.2 Å². The molecule has 164 valence electrons. The summed E-state index contributed by atoms with van der Waals surface area (Å²) in [6.45, 7) is 0. The van der Waals surface area contributed by atoms with E-state index in [9.17, 15) is 9.18 Å². The third-order valence-electron chi connectivity index (χ3n) is 4.66. The molecule has 0 amide bonds. The first-order valence-corrected chi connectivity index (χ1v) is 9.85. The summed E-state index contributed by atoms with van der Waals surface area (Å²) < 4.78 is 29.1. The van der Waals surface area contributed by atoms with E-state index in [1.54, 1.807) is 27.5 Å². The van der Waals surface area contributed by atoms with Crippen LogP contribution >= 0.6 is 0 Å². The van der Waals surface area contributed by atoms with E-state index < -0.39 is 0 Å². The van der Waals surface area contributed by atoms with Gasteiger partial charge in [0.05, 0.1) is 21.3 Å². The van der Waals surface area contributed by atoms with Crippen LogP contribution in [-0.4, -0.2) is 27.1 Å². The Hall–Kier alpha value is -4.06. The largest absolute Gasteiger partial charge is 0.493 e. The van der Waals surface area contributed by atoms with Gasteiger partial charge in [-0.25, -0.2) is 4.39 Å². The third-order valence-corrected chi connectivity index (χ3v) is 4.66. The highest BCUT2D eigenvalue weighted by molar-refractivity contribution is 6.04. The van der Waals surface area contributed by atoms with E-state index in [1.165, 1.54) is 30.3 Å². The molecule has 5 nitrogen and oxygen atoms in total. The average Bonchev–Trinajstić information content (AvgIpc) is 2.82. The maximum atomic E-state index is 13.0. The van der Waals surface area contributed by atoms with Gasteiger partial charge in [0.15, 0.2) is 17.3 Å². The summed E-state index contributed by atoms with van der Waals surface area (Å²) in [5, 5.41) is 3.08. The molecule has 0 heterocycles. The number of nitrogens with one attached hydrogen (secondary N) is 1. The van der Waals surface area contributed by atoms with Crippen molar-refractivity contribution in [2.24, 2.45) is 0 Å². The van der Waals surface area contributed by atoms with E-state index in [0.717, 1.165) is 16.8 Å². The zero-order chi connectivity index (χ0) is 22.9. The van der Waals surface area contributed by atoms with E-state index in [-0.39, 0.29) is 11.6 Å². The number of carbonyl (C=O) groups excluding carboxylic acids is 1. The van der Waals surface area contributed by atoms with Crippen molar-refractivity contribution in [2.45, 2.75) is 0 Å². The maximum Gasteiger partial charge on any atom is 0.203 e. The molecule has 32 heavy (non-hydrogen) atoms. The van der Waals surface area contributed by atoms with Crippen LogP contribution in [0.25, 0.3) is 12.2 Å². The predicted octanol–water partition coefficient (Wildman–Crippen LogP) is 5.83. The molecule has 0 aliphatic heterocycles. The Bertz CT molecular complexity index is 1110. The lowest BCUT2D eigenvalue weighted by Crippen LogP contribution is -1.96. The molecule has 3 aromatic carbocycles. The van der Waals surface area contributed by atoms with E-state index in [0.29, 0.717) is 22.8 Å². The fourth-order valence-electron chi connectivity index (χ4n) is 3.05. The molecule has 1 N–H and O–H groups in total. The lowest BCUT2D eigenvalue weighted by atomic mass is 10.1. The van der Waals surface area contributed by atoms with Gasteiger partial charge in [0, 0.05) is 23.5 Å². The van der Waals surface area contributed by atoms with Crippen LogP contribution in [0.2, 0.25) is 0 Å². The van der Waals surface area contributed by atoms with E-state index in [2.05, 4.69) is 5.32 Å². The van der Waals surface area contributed by atoms with Gasteiger partial charge in [-0.3, -0.25) is 4.79 Å². The highest BCUT2D eigenvalue weighted by atomic mass is 19.1. The van der Waals surface area contributed by atoms with Crippen LogP contribution in [0.15, 0.2) is 72.9 Å². The first kappa shape index (κ1) is 22.6. The number of anilines is 1. The first-order valence-electron chi connectivity index (χ1n) is 9.85. The summed E-state index contributed by atoms with van der Waals surface area (Å²) >= 11 is 0. The van der Waals surface area contributed by atoms with Crippen LogP contribution in [-0.2, 0) is 0 Å². The normalized spacial score (nSPS) is 11.0. The second-order valence-electron chi connectivity index (χ2n) is 6.77. The van der Waals surface area contributed by atoms with Gasteiger partial charge in [0.25, 0.3) is 0 Å². The molecule has 0 atom stereocenters. The number of hydrogen-bond donors (Lipinski definition) is 1. The van der Waals surface area contributed by atoms with Gasteiger partial charge in [0.1, 0.15) is 5.82 Å². The smallest absolute Gasteiger partial charge is 0.203 e. The van der Waals surface area contributed by atoms with Crippen molar-refractivity contribution >= 4 is 23.6 Å². The molecule has 0 unspecified atom stereocenters. The SMILES string of the molecule is COc1cc(/C=C\c2cccc(N/C=C\C(=O)c3ccc(F)cc3)c2)cc(OC)c1OC. The number of benzene rings is 3. The Balaban J connectivity index is 1.70. The molecule has 0 aliphatic carbocycles. The standard InChI is InChI=1S/C26H24FNO4/c1-30-24-16-19(17-25(31-2)26(24)32-3)8-7-18-5-4-6-22(15-18)28-14-13-23(29)20-9-11-21(27)12-10-20/h4-17,28H,1-3H3/b8-7-,14-13-. The Morgan fingerprint density at radius 1 is 0.844 bits per heavy atom. The summed E-state index contributed by atoms with van der Waals surface area (Å²) in [5.41, 5.74) is 3.09. The van der Waals surface area contributed by atoms with Crippen molar-refractivity contribution < 1.29 is 23.4 Å². The summed E-state index contributed by atoms with van der Waals surface area (Å²) in [6, 6.07) is 16.9. The highest BCUT2D eigenvalue weighted by Crippen LogP contribution is 2.38. The van der Waals surface area contributed by atoms with E-state index in [4.69, 9.17) is 14.2 Å². The third kappa shape index (κ3) is 5.76. The number of ketones is 1. The van der Waals surface area contributed by atoms with Crippen molar-refractivity contribution in [1.29, 1.82) is 0 Å². The van der Waals surface area contributed by atoms with E-state index >= 15 is 0 Å². The lowest BCUT2D eigenvalue weighted by Gasteiger charge is -2.12. The summed E-state index contributed by atoms with van der Waals surface area (Å²) in [7, 11) is 4.72. The molecule has 0 saturated carbocycles. The molecule has 3 rings (SSSR count). The zero-order valence-corrected chi connectivity index (χ0v) is 18.1. The topological polar surface area (TPSA) is 56.8 Å². The number of rotatable bonds is 9. The fourth-order valence-corrected chi connectivity index (χ4v) is 3.05. The van der Waals surface area contributed by atoms with Gasteiger partial charge in [-0.2, -0.15) is 0 Å². The number of hydrogen-bond acceptors (Lipinski definition) is 5. The average molecular weight is 433 g/mol. The number of ether oxygens (including phenoxy) is 3.